The molecule has 1 fully saturated rings. The number of aromatic nitrogens is 1. The Hall–Kier alpha value is -1.73. The number of nitrogens with zero attached hydrogens (tertiary/aromatic N) is 1. The summed E-state index contributed by atoms with van der Waals surface area (Å²) < 4.78 is 2.01. The van der Waals surface area contributed by atoms with Crippen LogP contribution in [0, 0.1) is 0 Å². The molecule has 2 aromatic rings. The molecule has 25 heavy (non-hydrogen) atoms. The van der Waals surface area contributed by atoms with Crippen LogP contribution in [0.15, 0.2) is 24.5 Å². The Morgan fingerprint density at radius 1 is 1.28 bits per heavy atom. The number of hydrogen-bond acceptors (Lipinski definition) is 4. The highest BCUT2D eigenvalue weighted by Gasteiger charge is 2.29. The average molecular weight is 376 g/mol. The van der Waals surface area contributed by atoms with Crippen molar-refractivity contribution in [3.63, 3.8) is 0 Å². The molecule has 4 heterocycles. The quantitative estimate of drug-likeness (QED) is 0.867. The van der Waals surface area contributed by atoms with Gasteiger partial charge in [-0.1, -0.05) is 0 Å². The number of nitrogens with one attached hydrogen (secondary N) is 2. The van der Waals surface area contributed by atoms with E-state index in [9.17, 15) is 9.59 Å². The molecule has 1 saturated heterocycles. The van der Waals surface area contributed by atoms with Gasteiger partial charge in [0.1, 0.15) is 11.0 Å². The lowest BCUT2D eigenvalue weighted by Crippen LogP contribution is -2.45. The zero-order chi connectivity index (χ0) is 17.2. The van der Waals surface area contributed by atoms with Gasteiger partial charge in [-0.3, -0.25) is 9.59 Å². The minimum atomic E-state index is -0.430. The van der Waals surface area contributed by atoms with Gasteiger partial charge in [0.2, 0.25) is 5.91 Å². The summed E-state index contributed by atoms with van der Waals surface area (Å²) in [5, 5.41) is 6.85. The first-order chi connectivity index (χ1) is 12.2. The van der Waals surface area contributed by atoms with Crippen LogP contribution in [0.3, 0.4) is 0 Å². The summed E-state index contributed by atoms with van der Waals surface area (Å²) in [5.41, 5.74) is 1.92. The van der Waals surface area contributed by atoms with Gasteiger partial charge in [-0.2, -0.15) is 11.8 Å². The van der Waals surface area contributed by atoms with Crippen molar-refractivity contribution in [2.24, 2.45) is 0 Å². The molecule has 1 atom stereocenters. The molecule has 2 aliphatic rings. The van der Waals surface area contributed by atoms with Crippen LogP contribution in [-0.4, -0.2) is 34.7 Å². The molecule has 0 bridgehead atoms. The summed E-state index contributed by atoms with van der Waals surface area (Å²) in [4.78, 5) is 26.6. The molecule has 0 radical (unpaired) electrons. The topological polar surface area (TPSA) is 63.1 Å². The zero-order valence-electron chi connectivity index (χ0n) is 13.9. The van der Waals surface area contributed by atoms with Crippen molar-refractivity contribution in [3.8, 4) is 5.00 Å². The molecule has 132 valence electrons. The van der Waals surface area contributed by atoms with E-state index in [0.717, 1.165) is 41.3 Å². The molecule has 2 N–H and O–H groups in total. The van der Waals surface area contributed by atoms with Crippen LogP contribution in [0.5, 0.6) is 0 Å². The maximum Gasteiger partial charge on any atom is 0.255 e. The predicted molar refractivity (Wildman–Crippen MR) is 102 cm³/mol. The average Bonchev–Trinajstić information content (AvgIpc) is 3.22. The van der Waals surface area contributed by atoms with Crippen molar-refractivity contribution in [1.82, 2.24) is 15.2 Å². The first-order valence-electron chi connectivity index (χ1n) is 8.68. The highest BCUT2D eigenvalue weighted by atomic mass is 32.2. The molecule has 5 nitrogen and oxygen atoms in total. The Balaban J connectivity index is 1.67. The van der Waals surface area contributed by atoms with Crippen molar-refractivity contribution in [2.75, 3.05) is 12.3 Å². The highest BCUT2D eigenvalue weighted by Crippen LogP contribution is 2.38. The molecule has 2 aliphatic heterocycles. The Morgan fingerprint density at radius 2 is 2.12 bits per heavy atom. The van der Waals surface area contributed by atoms with Gasteiger partial charge in [-0.25, -0.2) is 0 Å². The summed E-state index contributed by atoms with van der Waals surface area (Å²) in [5.74, 6) is 1.83. The van der Waals surface area contributed by atoms with Crippen molar-refractivity contribution in [3.05, 3.63) is 40.5 Å². The number of hydrogen-bond donors (Lipinski definition) is 2. The second kappa shape index (κ2) is 7.25. The SMILES string of the molecule is O=C(N[C@H]1CCCCNC1=O)c1c(-n2cccc2)sc2c1CCSC2. The minimum Gasteiger partial charge on any atom is -0.354 e. The molecule has 0 unspecified atom stereocenters. The second-order valence-electron chi connectivity index (χ2n) is 6.39. The lowest BCUT2D eigenvalue weighted by Gasteiger charge is -2.17. The van der Waals surface area contributed by atoms with Crippen molar-refractivity contribution >= 4 is 34.9 Å². The van der Waals surface area contributed by atoms with Crippen LogP contribution in [0.1, 0.15) is 40.1 Å². The number of fused-ring (bicyclic) bond motifs is 1. The Morgan fingerprint density at radius 3 is 2.96 bits per heavy atom. The molecular weight excluding hydrogens is 354 g/mol. The third kappa shape index (κ3) is 3.35. The lowest BCUT2D eigenvalue weighted by atomic mass is 10.1. The number of thioether (sulfide) groups is 1. The Kier molecular flexibility index (Phi) is 4.85. The number of carbonyl (C=O) groups is 2. The summed E-state index contributed by atoms with van der Waals surface area (Å²) >= 11 is 3.61. The Bertz CT molecular complexity index is 783. The van der Waals surface area contributed by atoms with Gasteiger partial charge >= 0.3 is 0 Å². The second-order valence-corrected chi connectivity index (χ2v) is 8.58. The van der Waals surface area contributed by atoms with Gasteiger partial charge in [0.05, 0.1) is 5.56 Å². The van der Waals surface area contributed by atoms with Crippen molar-refractivity contribution in [2.45, 2.75) is 37.5 Å². The van der Waals surface area contributed by atoms with Crippen LogP contribution >= 0.6 is 23.1 Å². The highest BCUT2D eigenvalue weighted by molar-refractivity contribution is 7.98. The van der Waals surface area contributed by atoms with Crippen LogP contribution in [-0.2, 0) is 17.0 Å². The normalized spacial score (nSPS) is 20.5. The van der Waals surface area contributed by atoms with E-state index in [1.165, 1.54) is 10.4 Å². The van der Waals surface area contributed by atoms with E-state index < -0.39 is 6.04 Å². The van der Waals surface area contributed by atoms with Gasteiger partial charge in [0.15, 0.2) is 0 Å². The lowest BCUT2D eigenvalue weighted by molar-refractivity contribution is -0.122. The largest absolute Gasteiger partial charge is 0.354 e. The van der Waals surface area contributed by atoms with Crippen LogP contribution in [0.2, 0.25) is 0 Å². The third-order valence-electron chi connectivity index (χ3n) is 4.71. The molecule has 2 amide bonds. The fourth-order valence-electron chi connectivity index (χ4n) is 3.41. The van der Waals surface area contributed by atoms with Crippen LogP contribution in [0.4, 0.5) is 0 Å². The number of amides is 2. The van der Waals surface area contributed by atoms with Crippen LogP contribution < -0.4 is 10.6 Å². The van der Waals surface area contributed by atoms with E-state index in [0.29, 0.717) is 13.0 Å². The standard InChI is InChI=1S/C18H21N3O2S2/c22-16-13(5-1-2-7-19-16)20-17(23)15-12-6-10-24-11-14(12)25-18(15)21-8-3-4-9-21/h3-4,8-9,13H,1-2,5-7,10-11H2,(H,19,22)(H,20,23)/t13-/m0/s1. The van der Waals surface area contributed by atoms with Gasteiger partial charge in [0.25, 0.3) is 5.91 Å². The first-order valence-corrected chi connectivity index (χ1v) is 10.7. The molecule has 2 aromatic heterocycles. The molecule has 7 heteroatoms. The fraction of sp³-hybridized carbons (Fsp3) is 0.444. The Labute approximate surface area is 155 Å². The molecule has 0 aliphatic carbocycles. The number of carbonyl (C=O) groups excluding carboxylic acids is 2. The fourth-order valence-corrected chi connectivity index (χ4v) is 5.86. The van der Waals surface area contributed by atoms with Crippen LogP contribution in [0.25, 0.3) is 5.00 Å². The van der Waals surface area contributed by atoms with E-state index in [4.69, 9.17) is 0 Å². The van der Waals surface area contributed by atoms with Crippen molar-refractivity contribution < 1.29 is 9.59 Å². The van der Waals surface area contributed by atoms with E-state index in [-0.39, 0.29) is 11.8 Å². The number of thiophene rings is 1. The summed E-state index contributed by atoms with van der Waals surface area (Å²) in [7, 11) is 0. The molecule has 0 saturated carbocycles. The van der Waals surface area contributed by atoms with E-state index in [1.807, 2.05) is 40.9 Å². The molecular formula is C18H21N3O2S2. The van der Waals surface area contributed by atoms with Crippen molar-refractivity contribution in [1.29, 1.82) is 0 Å². The molecule has 4 rings (SSSR count). The van der Waals surface area contributed by atoms with E-state index in [1.54, 1.807) is 11.3 Å². The maximum atomic E-state index is 13.1. The first kappa shape index (κ1) is 16.7. The maximum absolute atomic E-state index is 13.1. The summed E-state index contributed by atoms with van der Waals surface area (Å²) in [6.45, 7) is 0.699. The van der Waals surface area contributed by atoms with E-state index in [2.05, 4.69) is 10.6 Å². The van der Waals surface area contributed by atoms with Gasteiger partial charge in [0, 0.05) is 29.6 Å². The van der Waals surface area contributed by atoms with Gasteiger partial charge in [-0.05, 0) is 49.1 Å². The van der Waals surface area contributed by atoms with E-state index >= 15 is 0 Å². The van der Waals surface area contributed by atoms with Gasteiger partial charge in [-0.15, -0.1) is 11.3 Å². The number of rotatable bonds is 3. The predicted octanol–water partition coefficient (Wildman–Crippen LogP) is 2.73. The summed E-state index contributed by atoms with van der Waals surface area (Å²) in [6, 6.07) is 3.50. The summed E-state index contributed by atoms with van der Waals surface area (Å²) in [6.07, 6.45) is 7.49. The molecule has 0 aromatic carbocycles. The molecule has 0 spiro atoms. The minimum absolute atomic E-state index is 0.0620. The monoisotopic (exact) mass is 375 g/mol. The zero-order valence-corrected chi connectivity index (χ0v) is 15.5. The van der Waals surface area contributed by atoms with Gasteiger partial charge < -0.3 is 15.2 Å². The smallest absolute Gasteiger partial charge is 0.255 e. The third-order valence-corrected chi connectivity index (χ3v) is 7.12.